The Hall–Kier alpha value is 0.0900. The van der Waals surface area contributed by atoms with E-state index in [4.69, 9.17) is 0 Å². The van der Waals surface area contributed by atoms with Gasteiger partial charge in [0, 0.05) is 0 Å². The highest BCUT2D eigenvalue weighted by molar-refractivity contribution is 8.01. The highest BCUT2D eigenvalue weighted by atomic mass is 32.2. The lowest BCUT2D eigenvalue weighted by Crippen LogP contribution is -1.71. The summed E-state index contributed by atoms with van der Waals surface area (Å²) in [6.07, 6.45) is 10.7. The van der Waals surface area contributed by atoms with Crippen LogP contribution in [0.2, 0.25) is 0 Å². The van der Waals surface area contributed by atoms with Crippen LogP contribution in [-0.4, -0.2) is 6.26 Å². The summed E-state index contributed by atoms with van der Waals surface area (Å²) in [5.41, 5.74) is 0. The summed E-state index contributed by atoms with van der Waals surface area (Å²) in [5.74, 6) is 0.969. The molecule has 0 spiro atoms. The van der Waals surface area contributed by atoms with Gasteiger partial charge < -0.3 is 0 Å². The second-order valence-electron chi connectivity index (χ2n) is 2.42. The zero-order valence-electron chi connectivity index (χ0n) is 5.84. The average Bonchev–Trinajstić information content (AvgIpc) is 2.63. The van der Waals surface area contributed by atoms with Crippen molar-refractivity contribution in [2.75, 3.05) is 6.26 Å². The maximum absolute atomic E-state index is 2.38. The number of hydrogen-bond donors (Lipinski definition) is 0. The van der Waals surface area contributed by atoms with Gasteiger partial charge in [0.15, 0.2) is 0 Å². The third-order valence-electron chi connectivity index (χ3n) is 1.51. The third-order valence-corrected chi connectivity index (χ3v) is 1.97. The summed E-state index contributed by atoms with van der Waals surface area (Å²) in [6, 6.07) is 0. The van der Waals surface area contributed by atoms with Gasteiger partial charge in [-0.25, -0.2) is 0 Å². The van der Waals surface area contributed by atoms with Crippen molar-refractivity contribution < 1.29 is 0 Å². The molecule has 1 fully saturated rings. The van der Waals surface area contributed by atoms with Gasteiger partial charge in [-0.2, -0.15) is 0 Å². The minimum Gasteiger partial charge on any atom is -0.138 e. The van der Waals surface area contributed by atoms with E-state index >= 15 is 0 Å². The molecule has 0 heterocycles. The largest absolute Gasteiger partial charge is 0.138 e. The average molecular weight is 141 g/mol. The molecule has 1 radical (unpaired) electrons. The Morgan fingerprint density at radius 1 is 1.78 bits per heavy atom. The Kier molecular flexibility index (Phi) is 3.20. The molecule has 0 aromatic rings. The van der Waals surface area contributed by atoms with Crippen molar-refractivity contribution in [1.29, 1.82) is 0 Å². The smallest absolute Gasteiger partial charge is 0.0142 e. The topological polar surface area (TPSA) is 0 Å². The molecule has 1 aliphatic rings. The molecule has 9 heavy (non-hydrogen) atoms. The second kappa shape index (κ2) is 3.99. The van der Waals surface area contributed by atoms with Gasteiger partial charge in [-0.1, -0.05) is 6.08 Å². The van der Waals surface area contributed by atoms with E-state index in [1.54, 1.807) is 11.8 Å². The van der Waals surface area contributed by atoms with E-state index in [2.05, 4.69) is 24.2 Å². The van der Waals surface area contributed by atoms with E-state index in [1.165, 1.54) is 19.3 Å². The molecule has 1 rings (SSSR count). The molecule has 1 unspecified atom stereocenters. The molecule has 1 aliphatic carbocycles. The minimum absolute atomic E-state index is 0.969. The van der Waals surface area contributed by atoms with Crippen LogP contribution in [0.1, 0.15) is 19.3 Å². The van der Waals surface area contributed by atoms with Crippen molar-refractivity contribution in [1.82, 2.24) is 0 Å². The van der Waals surface area contributed by atoms with Crippen molar-refractivity contribution in [2.24, 2.45) is 5.92 Å². The number of hydrogen-bond acceptors (Lipinski definition) is 1. The summed E-state index contributed by atoms with van der Waals surface area (Å²) < 4.78 is 0. The van der Waals surface area contributed by atoms with Crippen LogP contribution in [0.15, 0.2) is 11.5 Å². The molecule has 0 aliphatic heterocycles. The van der Waals surface area contributed by atoms with Gasteiger partial charge in [0.1, 0.15) is 0 Å². The molecular weight excluding hydrogens is 128 g/mol. The Labute approximate surface area is 61.7 Å². The maximum atomic E-state index is 2.38. The summed E-state index contributed by atoms with van der Waals surface area (Å²) in [7, 11) is 0. The van der Waals surface area contributed by atoms with E-state index in [0.29, 0.717) is 0 Å². The van der Waals surface area contributed by atoms with Crippen LogP contribution in [0.3, 0.4) is 0 Å². The number of allylic oxidation sites excluding steroid dienone is 1. The van der Waals surface area contributed by atoms with Gasteiger partial charge >= 0.3 is 0 Å². The van der Waals surface area contributed by atoms with E-state index in [0.717, 1.165) is 5.92 Å². The highest BCUT2D eigenvalue weighted by Gasteiger charge is 2.19. The first kappa shape index (κ1) is 7.20. The summed E-state index contributed by atoms with van der Waals surface area (Å²) >= 11 is 1.78. The van der Waals surface area contributed by atoms with Crippen molar-refractivity contribution in [3.8, 4) is 0 Å². The predicted octanol–water partition coefficient (Wildman–Crippen LogP) is 2.87. The van der Waals surface area contributed by atoms with E-state index in [1.807, 2.05) is 0 Å². The molecule has 0 saturated heterocycles. The lowest BCUT2D eigenvalue weighted by Gasteiger charge is -1.87. The summed E-state index contributed by atoms with van der Waals surface area (Å²) in [4.78, 5) is 0. The first-order valence-electron chi connectivity index (χ1n) is 3.44. The van der Waals surface area contributed by atoms with Crippen molar-refractivity contribution >= 4 is 11.8 Å². The van der Waals surface area contributed by atoms with Gasteiger partial charge in [-0.05, 0) is 43.3 Å². The van der Waals surface area contributed by atoms with Crippen LogP contribution in [0.4, 0.5) is 0 Å². The molecule has 51 valence electrons. The fourth-order valence-corrected chi connectivity index (χ4v) is 1.14. The normalized spacial score (nSPS) is 19.2. The van der Waals surface area contributed by atoms with Gasteiger partial charge in [-0.15, -0.1) is 11.8 Å². The molecule has 0 aromatic carbocycles. The van der Waals surface area contributed by atoms with Gasteiger partial charge in [0.25, 0.3) is 0 Å². The van der Waals surface area contributed by atoms with Gasteiger partial charge in [0.2, 0.25) is 0 Å². The Morgan fingerprint density at radius 3 is 3.11 bits per heavy atom. The first-order valence-corrected chi connectivity index (χ1v) is 4.73. The number of thioether (sulfide) groups is 1. The number of rotatable bonds is 4. The Morgan fingerprint density at radius 2 is 2.56 bits per heavy atom. The molecule has 1 heteroatoms. The molecule has 0 N–H and O–H groups in total. The van der Waals surface area contributed by atoms with Crippen LogP contribution in [-0.2, 0) is 0 Å². The Bertz CT molecular complexity index is 92.7. The van der Waals surface area contributed by atoms with Crippen LogP contribution in [0.25, 0.3) is 0 Å². The molecule has 0 bridgehead atoms. The van der Waals surface area contributed by atoms with E-state index in [9.17, 15) is 0 Å². The minimum atomic E-state index is 0.969. The van der Waals surface area contributed by atoms with Crippen LogP contribution in [0, 0.1) is 12.3 Å². The van der Waals surface area contributed by atoms with Crippen molar-refractivity contribution in [3.05, 3.63) is 17.9 Å². The van der Waals surface area contributed by atoms with Crippen molar-refractivity contribution in [3.63, 3.8) is 0 Å². The highest BCUT2D eigenvalue weighted by Crippen LogP contribution is 2.32. The maximum Gasteiger partial charge on any atom is -0.0142 e. The Balaban J connectivity index is 1.85. The second-order valence-corrected chi connectivity index (χ2v) is 3.16. The molecule has 0 amide bonds. The lowest BCUT2D eigenvalue weighted by atomic mass is 10.2. The quantitative estimate of drug-likeness (QED) is 0.580. The first-order chi connectivity index (χ1) is 4.43. The zero-order chi connectivity index (χ0) is 6.53. The molecule has 0 aromatic heterocycles. The molecule has 1 saturated carbocycles. The third kappa shape index (κ3) is 3.63. The lowest BCUT2D eigenvalue weighted by molar-refractivity contribution is 0.763. The fourth-order valence-electron chi connectivity index (χ4n) is 0.806. The van der Waals surface area contributed by atoms with Gasteiger partial charge in [0.05, 0.1) is 0 Å². The van der Waals surface area contributed by atoms with Crippen LogP contribution < -0.4 is 0 Å². The van der Waals surface area contributed by atoms with Crippen LogP contribution in [0.5, 0.6) is 0 Å². The summed E-state index contributed by atoms with van der Waals surface area (Å²) in [6.45, 7) is 0. The predicted molar refractivity (Wildman–Crippen MR) is 44.3 cm³/mol. The van der Waals surface area contributed by atoms with E-state index in [-0.39, 0.29) is 0 Å². The monoisotopic (exact) mass is 141 g/mol. The molecule has 0 nitrogen and oxygen atoms in total. The SMILES string of the molecule is CSC=CCCC1[CH]C1. The summed E-state index contributed by atoms with van der Waals surface area (Å²) in [5, 5.41) is 2.17. The standard InChI is InChI=1S/C8H13S/c1-9-7-3-2-4-8-5-6-8/h3,5,7-8H,2,4,6H2,1H3. The molecular formula is C8H13S. The van der Waals surface area contributed by atoms with Gasteiger partial charge in [-0.3, -0.25) is 0 Å². The zero-order valence-corrected chi connectivity index (χ0v) is 6.66. The van der Waals surface area contributed by atoms with E-state index < -0.39 is 0 Å². The van der Waals surface area contributed by atoms with Crippen molar-refractivity contribution in [2.45, 2.75) is 19.3 Å². The molecule has 1 atom stereocenters. The fraction of sp³-hybridized carbons (Fsp3) is 0.625. The van der Waals surface area contributed by atoms with Crippen LogP contribution >= 0.6 is 11.8 Å².